The first-order chi connectivity index (χ1) is 15.1. The zero-order valence-electron chi connectivity index (χ0n) is 17.0. The van der Waals surface area contributed by atoms with E-state index in [4.69, 9.17) is 16.3 Å². The molecule has 0 bridgehead atoms. The van der Waals surface area contributed by atoms with Gasteiger partial charge in [-0.3, -0.25) is 9.59 Å². The number of amides is 2. The molecule has 0 aromatic heterocycles. The number of rotatable bonds is 3. The molecule has 5 nitrogen and oxygen atoms in total. The Labute approximate surface area is 185 Å². The first-order valence-corrected chi connectivity index (χ1v) is 10.6. The van der Waals surface area contributed by atoms with Crippen LogP contribution in [0.5, 0.6) is 5.75 Å². The van der Waals surface area contributed by atoms with Gasteiger partial charge in [-0.2, -0.15) is 0 Å². The van der Waals surface area contributed by atoms with Crippen molar-refractivity contribution in [3.8, 4) is 5.75 Å². The van der Waals surface area contributed by atoms with E-state index >= 15 is 0 Å². The molecule has 0 aliphatic carbocycles. The van der Waals surface area contributed by atoms with E-state index in [1.54, 1.807) is 31.4 Å². The van der Waals surface area contributed by atoms with Gasteiger partial charge in [-0.1, -0.05) is 54.1 Å². The molecular weight excluding hydrogens is 412 g/mol. The van der Waals surface area contributed by atoms with Crippen LogP contribution in [0.2, 0.25) is 5.02 Å². The van der Waals surface area contributed by atoms with Crippen LogP contribution in [0.3, 0.4) is 0 Å². The summed E-state index contributed by atoms with van der Waals surface area (Å²) < 4.78 is 5.20. The minimum absolute atomic E-state index is 0.0216. The average Bonchev–Trinajstić information content (AvgIpc) is 2.79. The number of nitrogens with zero attached hydrogens (tertiary/aromatic N) is 1. The average molecular weight is 433 g/mol. The quantitative estimate of drug-likeness (QED) is 0.645. The molecule has 2 atom stereocenters. The number of methoxy groups -OCH3 is 1. The van der Waals surface area contributed by atoms with Crippen LogP contribution in [0.1, 0.15) is 39.0 Å². The number of hydrogen-bond acceptors (Lipinski definition) is 3. The SMILES string of the molecule is COc1ccc(NC(=O)[C@@H]2c3ccccc3C(=O)N3CCc4ccccc4[C@H]23)cc1Cl. The van der Waals surface area contributed by atoms with Gasteiger partial charge < -0.3 is 15.0 Å². The summed E-state index contributed by atoms with van der Waals surface area (Å²) in [7, 11) is 1.55. The highest BCUT2D eigenvalue weighted by Crippen LogP contribution is 2.46. The number of hydrogen-bond donors (Lipinski definition) is 1. The molecule has 3 aromatic rings. The Morgan fingerprint density at radius 1 is 1.06 bits per heavy atom. The van der Waals surface area contributed by atoms with Gasteiger partial charge in [0.1, 0.15) is 5.75 Å². The van der Waals surface area contributed by atoms with E-state index in [-0.39, 0.29) is 17.9 Å². The standard InChI is InChI=1S/C25H21ClN2O3/c1-31-21-11-10-16(14-20(21)26)27-24(29)22-18-8-4-5-9-19(18)25(30)28-13-12-15-6-2-3-7-17(15)23(22)28/h2-11,14,22-23H,12-13H2,1H3,(H,27,29)/t22-,23-/m1/s1. The lowest BCUT2D eigenvalue weighted by atomic mass is 9.76. The van der Waals surface area contributed by atoms with Gasteiger partial charge in [0.15, 0.2) is 0 Å². The van der Waals surface area contributed by atoms with Crippen LogP contribution in [0.4, 0.5) is 5.69 Å². The fourth-order valence-corrected chi connectivity index (χ4v) is 4.98. The second kappa shape index (κ2) is 7.75. The van der Waals surface area contributed by atoms with Crippen LogP contribution in [-0.4, -0.2) is 30.4 Å². The Morgan fingerprint density at radius 2 is 1.81 bits per heavy atom. The number of anilines is 1. The molecule has 156 valence electrons. The Kier molecular flexibility index (Phi) is 4.91. The molecule has 0 unspecified atom stereocenters. The molecule has 1 N–H and O–H groups in total. The number of carbonyl (C=O) groups excluding carboxylic acids is 2. The van der Waals surface area contributed by atoms with Gasteiger partial charge in [0.2, 0.25) is 5.91 Å². The van der Waals surface area contributed by atoms with Gasteiger partial charge >= 0.3 is 0 Å². The van der Waals surface area contributed by atoms with E-state index in [1.807, 2.05) is 41.3 Å². The predicted octanol–water partition coefficient (Wildman–Crippen LogP) is 4.82. The Bertz CT molecular complexity index is 1190. The zero-order chi connectivity index (χ0) is 21.5. The second-order valence-corrected chi connectivity index (χ2v) is 8.20. The van der Waals surface area contributed by atoms with Crippen LogP contribution in [0, 0.1) is 0 Å². The molecule has 0 fully saturated rings. The molecule has 5 rings (SSSR count). The molecule has 6 heteroatoms. The summed E-state index contributed by atoms with van der Waals surface area (Å²) in [6, 6.07) is 20.3. The lowest BCUT2D eigenvalue weighted by molar-refractivity contribution is -0.119. The van der Waals surface area contributed by atoms with Crippen LogP contribution < -0.4 is 10.1 Å². The van der Waals surface area contributed by atoms with Gasteiger partial charge in [0.05, 0.1) is 24.1 Å². The maximum absolute atomic E-state index is 13.6. The van der Waals surface area contributed by atoms with E-state index in [1.165, 1.54) is 5.56 Å². The number of nitrogens with one attached hydrogen (secondary N) is 1. The van der Waals surface area contributed by atoms with Gasteiger partial charge in [-0.05, 0) is 47.4 Å². The maximum atomic E-state index is 13.6. The third-order valence-corrected chi connectivity index (χ3v) is 6.43. The highest BCUT2D eigenvalue weighted by Gasteiger charge is 2.46. The highest BCUT2D eigenvalue weighted by atomic mass is 35.5. The highest BCUT2D eigenvalue weighted by molar-refractivity contribution is 6.32. The van der Waals surface area contributed by atoms with Gasteiger partial charge in [-0.15, -0.1) is 0 Å². The third kappa shape index (κ3) is 3.26. The van der Waals surface area contributed by atoms with E-state index in [2.05, 4.69) is 11.4 Å². The lowest BCUT2D eigenvalue weighted by Crippen LogP contribution is -2.49. The molecular formula is C25H21ClN2O3. The van der Waals surface area contributed by atoms with E-state index in [9.17, 15) is 9.59 Å². The summed E-state index contributed by atoms with van der Waals surface area (Å²) in [4.78, 5) is 28.8. The van der Waals surface area contributed by atoms with Crippen molar-refractivity contribution in [2.75, 3.05) is 19.0 Å². The number of benzene rings is 3. The third-order valence-electron chi connectivity index (χ3n) is 6.14. The zero-order valence-corrected chi connectivity index (χ0v) is 17.7. The Hall–Kier alpha value is -3.31. The molecule has 0 saturated heterocycles. The van der Waals surface area contributed by atoms with Crippen molar-refractivity contribution in [2.24, 2.45) is 0 Å². The lowest BCUT2D eigenvalue weighted by Gasteiger charge is -2.45. The molecule has 2 aliphatic heterocycles. The van der Waals surface area contributed by atoms with Crippen molar-refractivity contribution in [3.63, 3.8) is 0 Å². The normalized spacial score (nSPS) is 19.2. The number of fused-ring (bicyclic) bond motifs is 4. The fraction of sp³-hybridized carbons (Fsp3) is 0.200. The number of halogens is 1. The van der Waals surface area contributed by atoms with Gasteiger partial charge in [0.25, 0.3) is 5.91 Å². The van der Waals surface area contributed by atoms with Crippen LogP contribution in [-0.2, 0) is 11.2 Å². The predicted molar refractivity (Wildman–Crippen MR) is 120 cm³/mol. The van der Waals surface area contributed by atoms with E-state index < -0.39 is 5.92 Å². The maximum Gasteiger partial charge on any atom is 0.254 e. The van der Waals surface area contributed by atoms with Crippen molar-refractivity contribution in [1.29, 1.82) is 0 Å². The van der Waals surface area contributed by atoms with E-state index in [0.29, 0.717) is 28.6 Å². The van der Waals surface area contributed by atoms with Crippen molar-refractivity contribution < 1.29 is 14.3 Å². The summed E-state index contributed by atoms with van der Waals surface area (Å²) in [5.41, 5.74) is 4.14. The first kappa shape index (κ1) is 19.6. The molecule has 0 spiro atoms. The number of carbonyl (C=O) groups is 2. The Morgan fingerprint density at radius 3 is 2.58 bits per heavy atom. The summed E-state index contributed by atoms with van der Waals surface area (Å²) in [6.45, 7) is 0.590. The van der Waals surface area contributed by atoms with Crippen LogP contribution in [0.15, 0.2) is 66.7 Å². The molecule has 3 aromatic carbocycles. The van der Waals surface area contributed by atoms with Crippen molar-refractivity contribution in [1.82, 2.24) is 4.90 Å². The van der Waals surface area contributed by atoms with Gasteiger partial charge in [-0.25, -0.2) is 0 Å². The van der Waals surface area contributed by atoms with E-state index in [0.717, 1.165) is 17.5 Å². The summed E-state index contributed by atoms with van der Waals surface area (Å²) >= 11 is 6.25. The molecule has 0 radical (unpaired) electrons. The second-order valence-electron chi connectivity index (χ2n) is 7.80. The first-order valence-electron chi connectivity index (χ1n) is 10.2. The summed E-state index contributed by atoms with van der Waals surface area (Å²) in [5, 5.41) is 3.43. The molecule has 0 saturated carbocycles. The molecule has 31 heavy (non-hydrogen) atoms. The minimum atomic E-state index is -0.531. The summed E-state index contributed by atoms with van der Waals surface area (Å²) in [6.07, 6.45) is 0.781. The van der Waals surface area contributed by atoms with Gasteiger partial charge in [0, 0.05) is 17.8 Å². The number of ether oxygens (including phenoxy) is 1. The topological polar surface area (TPSA) is 58.6 Å². The molecule has 2 amide bonds. The van der Waals surface area contributed by atoms with Crippen molar-refractivity contribution >= 4 is 29.1 Å². The smallest absolute Gasteiger partial charge is 0.254 e. The minimum Gasteiger partial charge on any atom is -0.495 e. The Balaban J connectivity index is 1.59. The molecule has 2 heterocycles. The van der Waals surface area contributed by atoms with Crippen molar-refractivity contribution in [3.05, 3.63) is 94.0 Å². The fourth-order valence-electron chi connectivity index (χ4n) is 4.72. The monoisotopic (exact) mass is 432 g/mol. The van der Waals surface area contributed by atoms with Crippen LogP contribution >= 0.6 is 11.6 Å². The molecule has 2 aliphatic rings. The van der Waals surface area contributed by atoms with Crippen LogP contribution in [0.25, 0.3) is 0 Å². The van der Waals surface area contributed by atoms with Crippen molar-refractivity contribution in [2.45, 2.75) is 18.4 Å². The largest absolute Gasteiger partial charge is 0.495 e. The summed E-state index contributed by atoms with van der Waals surface area (Å²) in [5.74, 6) is -0.184.